The molecule has 25 heavy (non-hydrogen) atoms. The van der Waals surface area contributed by atoms with Crippen molar-refractivity contribution in [1.82, 2.24) is 14.9 Å². The summed E-state index contributed by atoms with van der Waals surface area (Å²) in [5.41, 5.74) is 2.79. The first-order valence-electron chi connectivity index (χ1n) is 8.21. The number of carbonyl (C=O) groups excluding carboxylic acids is 1. The summed E-state index contributed by atoms with van der Waals surface area (Å²) in [4.78, 5) is 33.8. The van der Waals surface area contributed by atoms with Crippen molar-refractivity contribution in [2.75, 3.05) is 12.4 Å². The fraction of sp³-hybridized carbons (Fsp3) is 0.353. The average molecular weight is 358 g/mol. The fourth-order valence-electron chi connectivity index (χ4n) is 2.99. The van der Waals surface area contributed by atoms with Crippen LogP contribution in [0.25, 0.3) is 11.1 Å². The number of thiazole rings is 1. The highest BCUT2D eigenvalue weighted by Gasteiger charge is 2.17. The Labute approximate surface area is 147 Å². The van der Waals surface area contributed by atoms with Crippen molar-refractivity contribution >= 4 is 34.2 Å². The summed E-state index contributed by atoms with van der Waals surface area (Å²) in [5.74, 6) is -0.511. The third-order valence-electron chi connectivity index (χ3n) is 4.28. The minimum atomic E-state index is -0.511. The maximum absolute atomic E-state index is 12.4. The first-order valence-corrected chi connectivity index (χ1v) is 9.02. The number of urea groups is 1. The van der Waals surface area contributed by atoms with Gasteiger partial charge in [-0.1, -0.05) is 0 Å². The second-order valence-corrected chi connectivity index (χ2v) is 7.36. The highest BCUT2D eigenvalue weighted by atomic mass is 32.1. The highest BCUT2D eigenvalue weighted by molar-refractivity contribution is 7.11. The number of aromatic amines is 1. The molecule has 0 saturated carbocycles. The Balaban J connectivity index is 1.44. The van der Waals surface area contributed by atoms with Crippen molar-refractivity contribution in [2.45, 2.75) is 32.2 Å². The quantitative estimate of drug-likeness (QED) is 0.752. The van der Waals surface area contributed by atoms with E-state index in [-0.39, 0.29) is 6.03 Å². The molecule has 2 amide bonds. The van der Waals surface area contributed by atoms with Crippen molar-refractivity contribution < 1.29 is 9.21 Å². The van der Waals surface area contributed by atoms with Crippen molar-refractivity contribution in [1.29, 1.82) is 0 Å². The summed E-state index contributed by atoms with van der Waals surface area (Å²) in [6, 6.07) is 4.82. The zero-order valence-corrected chi connectivity index (χ0v) is 14.6. The van der Waals surface area contributed by atoms with Crippen molar-refractivity contribution in [3.63, 3.8) is 0 Å². The number of aryl methyl sites for hydroxylation is 2. The number of nitrogens with zero attached hydrogens (tertiary/aromatic N) is 2. The normalized spacial score (nSPS) is 13.6. The van der Waals surface area contributed by atoms with Gasteiger partial charge in [-0.25, -0.2) is 14.6 Å². The first kappa shape index (κ1) is 15.9. The van der Waals surface area contributed by atoms with E-state index in [1.165, 1.54) is 23.4 Å². The number of anilines is 1. The maximum atomic E-state index is 12.4. The van der Waals surface area contributed by atoms with Gasteiger partial charge in [0.25, 0.3) is 0 Å². The van der Waals surface area contributed by atoms with Gasteiger partial charge >= 0.3 is 11.8 Å². The Kier molecular flexibility index (Phi) is 4.04. The molecule has 2 N–H and O–H groups in total. The van der Waals surface area contributed by atoms with Crippen LogP contribution in [0.1, 0.15) is 28.4 Å². The summed E-state index contributed by atoms with van der Waals surface area (Å²) in [6.45, 7) is 0.477. The van der Waals surface area contributed by atoms with Gasteiger partial charge < -0.3 is 14.6 Å². The van der Waals surface area contributed by atoms with Crippen LogP contribution in [-0.4, -0.2) is 27.9 Å². The number of aromatic nitrogens is 2. The lowest BCUT2D eigenvalue weighted by Gasteiger charge is -2.16. The van der Waals surface area contributed by atoms with Crippen LogP contribution >= 0.6 is 11.3 Å². The number of nitrogens with one attached hydrogen (secondary N) is 2. The summed E-state index contributed by atoms with van der Waals surface area (Å²) in [6.07, 6.45) is 4.57. The molecule has 130 valence electrons. The predicted molar refractivity (Wildman–Crippen MR) is 96.1 cm³/mol. The number of H-pyrrole nitrogens is 1. The molecular formula is C17H18N4O3S. The molecule has 2 heterocycles. The third-order valence-corrected chi connectivity index (χ3v) is 5.42. The Morgan fingerprint density at radius 2 is 2.24 bits per heavy atom. The molecule has 3 aromatic rings. The van der Waals surface area contributed by atoms with Crippen LogP contribution in [0, 0.1) is 0 Å². The van der Waals surface area contributed by atoms with Crippen molar-refractivity contribution in [3.8, 4) is 0 Å². The fourth-order valence-corrected chi connectivity index (χ4v) is 4.20. The van der Waals surface area contributed by atoms with E-state index in [0.717, 1.165) is 17.8 Å². The van der Waals surface area contributed by atoms with Crippen LogP contribution in [0.5, 0.6) is 0 Å². The topological polar surface area (TPSA) is 91.2 Å². The van der Waals surface area contributed by atoms with Gasteiger partial charge in [0, 0.05) is 23.7 Å². The Morgan fingerprint density at radius 1 is 1.40 bits per heavy atom. The maximum Gasteiger partial charge on any atom is 0.417 e. The minimum absolute atomic E-state index is 0.231. The number of benzene rings is 1. The highest BCUT2D eigenvalue weighted by Crippen LogP contribution is 2.27. The first-order chi connectivity index (χ1) is 12.1. The molecular weight excluding hydrogens is 340 g/mol. The smallest absolute Gasteiger partial charge is 0.408 e. The summed E-state index contributed by atoms with van der Waals surface area (Å²) in [7, 11) is 1.74. The van der Waals surface area contributed by atoms with Crippen LogP contribution in [-0.2, 0) is 19.4 Å². The molecule has 0 radical (unpaired) electrons. The number of oxazole rings is 1. The third kappa shape index (κ3) is 3.30. The number of carbonyl (C=O) groups is 1. The number of fused-ring (bicyclic) bond motifs is 2. The molecule has 8 heteroatoms. The van der Waals surface area contributed by atoms with Crippen molar-refractivity contribution in [3.05, 3.63) is 44.3 Å². The van der Waals surface area contributed by atoms with E-state index < -0.39 is 5.76 Å². The second kappa shape index (κ2) is 6.36. The average Bonchev–Trinajstić information content (AvgIpc) is 3.15. The Hall–Kier alpha value is -2.61. The van der Waals surface area contributed by atoms with Gasteiger partial charge in [-0.3, -0.25) is 4.98 Å². The number of hydrogen-bond acceptors (Lipinski definition) is 5. The van der Waals surface area contributed by atoms with Crippen LogP contribution < -0.4 is 11.1 Å². The number of rotatable bonds is 3. The van der Waals surface area contributed by atoms with E-state index in [9.17, 15) is 9.59 Å². The molecule has 0 saturated heterocycles. The molecule has 0 atom stereocenters. The molecule has 0 aliphatic heterocycles. The monoisotopic (exact) mass is 358 g/mol. The molecule has 0 spiro atoms. The summed E-state index contributed by atoms with van der Waals surface area (Å²) < 4.78 is 5.01. The van der Waals surface area contributed by atoms with E-state index in [2.05, 4.69) is 15.3 Å². The molecule has 1 aliphatic carbocycles. The predicted octanol–water partition coefficient (Wildman–Crippen LogP) is 3.12. The molecule has 1 aliphatic rings. The Morgan fingerprint density at radius 3 is 3.08 bits per heavy atom. The summed E-state index contributed by atoms with van der Waals surface area (Å²) in [5, 5.41) is 3.78. The number of hydrogen-bond donors (Lipinski definition) is 2. The van der Waals surface area contributed by atoms with Crippen LogP contribution in [0.15, 0.2) is 27.4 Å². The minimum Gasteiger partial charge on any atom is -0.408 e. The van der Waals surface area contributed by atoms with E-state index in [1.807, 2.05) is 0 Å². The Bertz CT molecular complexity index is 964. The zero-order valence-electron chi connectivity index (χ0n) is 13.8. The molecule has 0 fully saturated rings. The van der Waals surface area contributed by atoms with Crippen molar-refractivity contribution in [2.24, 2.45) is 0 Å². The van der Waals surface area contributed by atoms with Gasteiger partial charge in [0.15, 0.2) is 5.58 Å². The van der Waals surface area contributed by atoms with Gasteiger partial charge in [0.1, 0.15) is 5.01 Å². The molecule has 1 aromatic carbocycles. The lowest BCUT2D eigenvalue weighted by atomic mass is 10.0. The van der Waals surface area contributed by atoms with Crippen LogP contribution in [0.4, 0.5) is 10.5 Å². The van der Waals surface area contributed by atoms with Gasteiger partial charge in [0.05, 0.1) is 17.8 Å². The second-order valence-electron chi connectivity index (χ2n) is 6.20. The molecule has 0 unspecified atom stereocenters. The van der Waals surface area contributed by atoms with Gasteiger partial charge in [-0.05, 0) is 37.8 Å². The van der Waals surface area contributed by atoms with Gasteiger partial charge in [0.2, 0.25) is 0 Å². The van der Waals surface area contributed by atoms with E-state index in [0.29, 0.717) is 23.3 Å². The molecule has 0 bridgehead atoms. The standard InChI is InChI=1S/C17H18N4O3S/c1-21(9-15-19-12-4-2-3-5-14(12)25-15)16(22)18-10-6-7-11-13(8-10)24-17(23)20-11/h6-8H,2-5,9H2,1H3,(H,18,22)(H,20,23). The van der Waals surface area contributed by atoms with Gasteiger partial charge in [-0.15, -0.1) is 11.3 Å². The molecule has 2 aromatic heterocycles. The number of amides is 2. The molecule has 7 nitrogen and oxygen atoms in total. The van der Waals surface area contributed by atoms with Crippen LogP contribution in [0.3, 0.4) is 0 Å². The van der Waals surface area contributed by atoms with Crippen LogP contribution in [0.2, 0.25) is 0 Å². The van der Waals surface area contributed by atoms with E-state index in [1.54, 1.807) is 41.5 Å². The summed E-state index contributed by atoms with van der Waals surface area (Å²) >= 11 is 1.71. The lowest BCUT2D eigenvalue weighted by molar-refractivity contribution is 0.220. The van der Waals surface area contributed by atoms with E-state index in [4.69, 9.17) is 4.42 Å². The van der Waals surface area contributed by atoms with Gasteiger partial charge in [-0.2, -0.15) is 0 Å². The zero-order chi connectivity index (χ0) is 17.4. The largest absolute Gasteiger partial charge is 0.417 e. The van der Waals surface area contributed by atoms with E-state index >= 15 is 0 Å². The molecule has 4 rings (SSSR count). The SMILES string of the molecule is CN(Cc1nc2c(s1)CCCC2)C(=O)Nc1ccc2[nH]c(=O)oc2c1. The lowest BCUT2D eigenvalue weighted by Crippen LogP contribution is -2.30.